The van der Waals surface area contributed by atoms with Gasteiger partial charge in [0.25, 0.3) is 0 Å². The van der Waals surface area contributed by atoms with Crippen LogP contribution >= 0.6 is 11.6 Å². The molecule has 1 atom stereocenters. The molecule has 0 amide bonds. The molecule has 2 heterocycles. The number of benzene rings is 1. The number of halogens is 1. The first kappa shape index (κ1) is 12.2. The van der Waals surface area contributed by atoms with Crippen LogP contribution in [-0.2, 0) is 6.42 Å². The molecule has 3 rings (SSSR count). The molecule has 0 N–H and O–H groups in total. The maximum absolute atomic E-state index is 6.41. The first-order valence-corrected chi connectivity index (χ1v) is 6.70. The Hall–Kier alpha value is -1.80. The van der Waals surface area contributed by atoms with E-state index in [2.05, 4.69) is 17.1 Å². The second kappa shape index (κ2) is 5.06. The van der Waals surface area contributed by atoms with Crippen molar-refractivity contribution in [3.63, 3.8) is 0 Å². The zero-order valence-corrected chi connectivity index (χ0v) is 11.4. The van der Waals surface area contributed by atoms with Crippen molar-refractivity contribution in [2.24, 2.45) is 0 Å². The number of aromatic nitrogens is 1. The highest BCUT2D eigenvalue weighted by Gasteiger charge is 2.12. The van der Waals surface area contributed by atoms with Crippen LogP contribution in [0.15, 0.2) is 53.1 Å². The Balaban J connectivity index is 1.84. The molecule has 1 unspecified atom stereocenters. The van der Waals surface area contributed by atoms with Crippen LogP contribution in [0, 0.1) is 6.92 Å². The minimum absolute atomic E-state index is 0.105. The Kier molecular flexibility index (Phi) is 3.26. The van der Waals surface area contributed by atoms with Crippen LogP contribution in [0.2, 0.25) is 0 Å². The molecule has 3 aromatic rings. The van der Waals surface area contributed by atoms with Gasteiger partial charge in [-0.25, -0.2) is 0 Å². The van der Waals surface area contributed by atoms with Gasteiger partial charge in [-0.3, -0.25) is 4.98 Å². The van der Waals surface area contributed by atoms with Crippen LogP contribution in [-0.4, -0.2) is 4.98 Å². The van der Waals surface area contributed by atoms with Crippen molar-refractivity contribution in [1.82, 2.24) is 4.98 Å². The standard InChI is InChI=1S/C16H14ClNO/c1-11-8-13(10-19-11)15(17)9-14-7-6-12-4-2-3-5-16(12)18-14/h2-8,10,15H,9H2,1H3. The van der Waals surface area contributed by atoms with Gasteiger partial charge in [-0.2, -0.15) is 0 Å². The maximum Gasteiger partial charge on any atom is 0.101 e. The van der Waals surface area contributed by atoms with Crippen molar-refractivity contribution >= 4 is 22.5 Å². The van der Waals surface area contributed by atoms with Crippen LogP contribution in [0.4, 0.5) is 0 Å². The highest BCUT2D eigenvalue weighted by Crippen LogP contribution is 2.26. The van der Waals surface area contributed by atoms with E-state index in [9.17, 15) is 0 Å². The lowest BCUT2D eigenvalue weighted by molar-refractivity contribution is 0.531. The Bertz CT molecular complexity index is 705. The topological polar surface area (TPSA) is 26.0 Å². The zero-order chi connectivity index (χ0) is 13.2. The maximum atomic E-state index is 6.41. The van der Waals surface area contributed by atoms with Crippen molar-refractivity contribution in [1.29, 1.82) is 0 Å². The van der Waals surface area contributed by atoms with Gasteiger partial charge in [0.2, 0.25) is 0 Å². The molecule has 96 valence electrons. The van der Waals surface area contributed by atoms with E-state index < -0.39 is 0 Å². The fourth-order valence-electron chi connectivity index (χ4n) is 2.15. The average Bonchev–Trinajstić information content (AvgIpc) is 2.85. The number of pyridine rings is 1. The van der Waals surface area contributed by atoms with Crippen molar-refractivity contribution in [2.75, 3.05) is 0 Å². The Morgan fingerprint density at radius 1 is 1.21 bits per heavy atom. The molecule has 0 saturated heterocycles. The molecule has 0 radical (unpaired) electrons. The lowest BCUT2D eigenvalue weighted by atomic mass is 10.1. The minimum atomic E-state index is -0.105. The fourth-order valence-corrected chi connectivity index (χ4v) is 2.42. The molecule has 0 aliphatic heterocycles. The predicted molar refractivity (Wildman–Crippen MR) is 77.5 cm³/mol. The largest absolute Gasteiger partial charge is 0.469 e. The second-order valence-corrected chi connectivity index (χ2v) is 5.18. The molecule has 0 fully saturated rings. The van der Waals surface area contributed by atoms with Gasteiger partial charge < -0.3 is 4.42 Å². The summed E-state index contributed by atoms with van der Waals surface area (Å²) < 4.78 is 5.29. The monoisotopic (exact) mass is 271 g/mol. The van der Waals surface area contributed by atoms with E-state index in [1.54, 1.807) is 6.26 Å². The van der Waals surface area contributed by atoms with Gasteiger partial charge in [-0.15, -0.1) is 11.6 Å². The minimum Gasteiger partial charge on any atom is -0.469 e. The molecule has 0 aliphatic rings. The number of nitrogens with zero attached hydrogens (tertiary/aromatic N) is 1. The number of hydrogen-bond donors (Lipinski definition) is 0. The number of para-hydroxylation sites is 1. The van der Waals surface area contributed by atoms with Gasteiger partial charge in [0, 0.05) is 23.1 Å². The van der Waals surface area contributed by atoms with Crippen molar-refractivity contribution < 1.29 is 4.42 Å². The summed E-state index contributed by atoms with van der Waals surface area (Å²) in [5.74, 6) is 0.882. The smallest absolute Gasteiger partial charge is 0.101 e. The molecule has 0 saturated carbocycles. The number of furan rings is 1. The summed E-state index contributed by atoms with van der Waals surface area (Å²) in [5, 5.41) is 1.04. The van der Waals surface area contributed by atoms with Gasteiger partial charge >= 0.3 is 0 Å². The third-order valence-corrected chi connectivity index (χ3v) is 3.56. The van der Waals surface area contributed by atoms with Gasteiger partial charge in [-0.1, -0.05) is 24.3 Å². The molecule has 0 aliphatic carbocycles. The van der Waals surface area contributed by atoms with Crippen molar-refractivity contribution in [3.05, 3.63) is 65.7 Å². The normalized spacial score (nSPS) is 12.7. The molecular formula is C16H14ClNO. The SMILES string of the molecule is Cc1cc(C(Cl)Cc2ccc3ccccc3n2)co1. The molecule has 2 nitrogen and oxygen atoms in total. The van der Waals surface area contributed by atoms with Gasteiger partial charge in [0.05, 0.1) is 17.2 Å². The highest BCUT2D eigenvalue weighted by molar-refractivity contribution is 6.20. The Morgan fingerprint density at radius 2 is 2.05 bits per heavy atom. The molecule has 0 spiro atoms. The van der Waals surface area contributed by atoms with E-state index in [-0.39, 0.29) is 5.38 Å². The number of rotatable bonds is 3. The first-order chi connectivity index (χ1) is 9.22. The van der Waals surface area contributed by atoms with Gasteiger partial charge in [-0.05, 0) is 25.1 Å². The summed E-state index contributed by atoms with van der Waals surface area (Å²) in [6.07, 6.45) is 2.42. The highest BCUT2D eigenvalue weighted by atomic mass is 35.5. The molecule has 19 heavy (non-hydrogen) atoms. The van der Waals surface area contributed by atoms with E-state index in [0.717, 1.165) is 27.9 Å². The summed E-state index contributed by atoms with van der Waals surface area (Å²) in [6, 6.07) is 14.2. The molecule has 2 aromatic heterocycles. The predicted octanol–water partition coefficient (Wildman–Crippen LogP) is 4.66. The number of alkyl halides is 1. The van der Waals surface area contributed by atoms with Crippen LogP contribution in [0.25, 0.3) is 10.9 Å². The fraction of sp³-hybridized carbons (Fsp3) is 0.188. The molecule has 1 aromatic carbocycles. The number of aryl methyl sites for hydroxylation is 1. The Morgan fingerprint density at radius 3 is 2.84 bits per heavy atom. The summed E-state index contributed by atoms with van der Waals surface area (Å²) in [4.78, 5) is 4.63. The first-order valence-electron chi connectivity index (χ1n) is 6.26. The summed E-state index contributed by atoms with van der Waals surface area (Å²) in [7, 11) is 0. The van der Waals surface area contributed by atoms with Gasteiger partial charge in [0.15, 0.2) is 0 Å². The lowest BCUT2D eigenvalue weighted by Gasteiger charge is -2.07. The third-order valence-electron chi connectivity index (χ3n) is 3.16. The van der Waals surface area contributed by atoms with E-state index in [1.165, 1.54) is 0 Å². The van der Waals surface area contributed by atoms with Gasteiger partial charge in [0.1, 0.15) is 5.76 Å². The van der Waals surface area contributed by atoms with Crippen LogP contribution in [0.3, 0.4) is 0 Å². The number of fused-ring (bicyclic) bond motifs is 1. The van der Waals surface area contributed by atoms with E-state index in [4.69, 9.17) is 16.0 Å². The quantitative estimate of drug-likeness (QED) is 0.648. The van der Waals surface area contributed by atoms with Crippen molar-refractivity contribution in [2.45, 2.75) is 18.7 Å². The number of hydrogen-bond acceptors (Lipinski definition) is 2. The van der Waals surface area contributed by atoms with E-state index in [1.807, 2.05) is 37.3 Å². The molecule has 0 bridgehead atoms. The molecular weight excluding hydrogens is 258 g/mol. The van der Waals surface area contributed by atoms with Crippen LogP contribution in [0.1, 0.15) is 22.4 Å². The van der Waals surface area contributed by atoms with Crippen LogP contribution < -0.4 is 0 Å². The summed E-state index contributed by atoms with van der Waals surface area (Å²) in [5.41, 5.74) is 3.01. The average molecular weight is 272 g/mol. The van der Waals surface area contributed by atoms with E-state index in [0.29, 0.717) is 6.42 Å². The zero-order valence-electron chi connectivity index (χ0n) is 10.6. The Labute approximate surface area is 117 Å². The molecule has 3 heteroatoms. The van der Waals surface area contributed by atoms with Crippen molar-refractivity contribution in [3.8, 4) is 0 Å². The summed E-state index contributed by atoms with van der Waals surface area (Å²) >= 11 is 6.41. The third kappa shape index (κ3) is 2.64. The van der Waals surface area contributed by atoms with E-state index >= 15 is 0 Å². The van der Waals surface area contributed by atoms with Crippen LogP contribution in [0.5, 0.6) is 0 Å². The summed E-state index contributed by atoms with van der Waals surface area (Å²) in [6.45, 7) is 1.92. The lowest BCUT2D eigenvalue weighted by Crippen LogP contribution is -1.97. The second-order valence-electron chi connectivity index (χ2n) is 4.66.